The van der Waals surface area contributed by atoms with Crippen molar-refractivity contribution in [2.24, 2.45) is 5.92 Å². The minimum Gasteiger partial charge on any atom is -0.494 e. The number of carbonyl (C=O) groups is 2. The zero-order valence-corrected chi connectivity index (χ0v) is 21.8. The number of nitrogens with zero attached hydrogens (tertiary/aromatic N) is 1. The zero-order chi connectivity index (χ0) is 26.2. The van der Waals surface area contributed by atoms with Crippen LogP contribution in [0.2, 0.25) is 0 Å². The molecule has 3 aromatic rings. The SMILES string of the molecule is CCOc1ccc(NC(=O)Nc2ccc(N3CCC(C)CC3)c(C(=O)NC(C)c3ccccc3)c2)cc1. The Kier molecular flexibility index (Phi) is 8.67. The van der Waals surface area contributed by atoms with Crippen LogP contribution in [0.25, 0.3) is 0 Å². The Morgan fingerprint density at radius 1 is 0.946 bits per heavy atom. The molecule has 0 radical (unpaired) electrons. The first-order chi connectivity index (χ1) is 17.9. The van der Waals surface area contributed by atoms with E-state index in [1.165, 1.54) is 0 Å². The van der Waals surface area contributed by atoms with Gasteiger partial charge in [0.25, 0.3) is 5.91 Å². The van der Waals surface area contributed by atoms with E-state index in [1.54, 1.807) is 18.2 Å². The zero-order valence-electron chi connectivity index (χ0n) is 21.8. The largest absolute Gasteiger partial charge is 0.494 e. The van der Waals surface area contributed by atoms with Crippen molar-refractivity contribution in [3.05, 3.63) is 83.9 Å². The number of piperidine rings is 1. The lowest BCUT2D eigenvalue weighted by Gasteiger charge is -2.33. The van der Waals surface area contributed by atoms with E-state index < -0.39 is 0 Å². The summed E-state index contributed by atoms with van der Waals surface area (Å²) in [6, 6.07) is 22.1. The van der Waals surface area contributed by atoms with Crippen molar-refractivity contribution in [1.82, 2.24) is 5.32 Å². The van der Waals surface area contributed by atoms with E-state index in [-0.39, 0.29) is 18.0 Å². The fourth-order valence-corrected chi connectivity index (χ4v) is 4.51. The molecule has 1 saturated heterocycles. The molecule has 0 aliphatic carbocycles. The van der Waals surface area contributed by atoms with Gasteiger partial charge in [0.1, 0.15) is 5.75 Å². The van der Waals surface area contributed by atoms with Gasteiger partial charge in [-0.25, -0.2) is 4.79 Å². The summed E-state index contributed by atoms with van der Waals surface area (Å²) in [4.78, 5) is 28.5. The summed E-state index contributed by atoms with van der Waals surface area (Å²) in [6.45, 7) is 8.55. The predicted molar refractivity (Wildman–Crippen MR) is 150 cm³/mol. The number of anilines is 3. The topological polar surface area (TPSA) is 82.7 Å². The third-order valence-corrected chi connectivity index (χ3v) is 6.69. The van der Waals surface area contributed by atoms with E-state index in [0.717, 1.165) is 42.9 Å². The molecule has 1 aliphatic rings. The minimum atomic E-state index is -0.382. The highest BCUT2D eigenvalue weighted by molar-refractivity contribution is 6.04. The number of carbonyl (C=O) groups excluding carboxylic acids is 2. The number of rotatable bonds is 8. The van der Waals surface area contributed by atoms with Gasteiger partial charge in [0.2, 0.25) is 0 Å². The Labute approximate surface area is 219 Å². The molecule has 1 fully saturated rings. The Morgan fingerprint density at radius 3 is 2.27 bits per heavy atom. The van der Waals surface area contributed by atoms with Gasteiger partial charge in [-0.1, -0.05) is 37.3 Å². The molecular weight excluding hydrogens is 464 g/mol. The lowest BCUT2D eigenvalue weighted by molar-refractivity contribution is 0.0940. The molecule has 0 bridgehead atoms. The molecule has 4 rings (SSSR count). The number of hydrogen-bond acceptors (Lipinski definition) is 4. The highest BCUT2D eigenvalue weighted by Crippen LogP contribution is 2.29. The van der Waals surface area contributed by atoms with Crippen molar-refractivity contribution in [3.63, 3.8) is 0 Å². The number of amides is 3. The van der Waals surface area contributed by atoms with Gasteiger partial charge in [-0.3, -0.25) is 4.79 Å². The van der Waals surface area contributed by atoms with E-state index >= 15 is 0 Å². The number of ether oxygens (including phenoxy) is 1. The molecule has 3 amide bonds. The van der Waals surface area contributed by atoms with Crippen LogP contribution in [0.15, 0.2) is 72.8 Å². The standard InChI is InChI=1S/C30H36N4O3/c1-4-37-26-13-10-24(11-14-26)32-30(36)33-25-12-15-28(34-18-16-21(2)17-19-34)27(20-25)29(35)31-22(3)23-8-6-5-7-9-23/h5-15,20-22H,4,16-19H2,1-3H3,(H,31,35)(H2,32,33,36). The lowest BCUT2D eigenvalue weighted by atomic mass is 9.97. The summed E-state index contributed by atoms with van der Waals surface area (Å²) in [7, 11) is 0. The average molecular weight is 501 g/mol. The van der Waals surface area contributed by atoms with Crippen molar-refractivity contribution in [2.45, 2.75) is 39.7 Å². The molecule has 7 nitrogen and oxygen atoms in total. The van der Waals surface area contributed by atoms with Gasteiger partial charge in [0.05, 0.1) is 18.2 Å². The van der Waals surface area contributed by atoms with Gasteiger partial charge in [0, 0.05) is 30.2 Å². The first kappa shape index (κ1) is 26.1. The first-order valence-corrected chi connectivity index (χ1v) is 13.0. The second-order valence-corrected chi connectivity index (χ2v) is 9.54. The van der Waals surface area contributed by atoms with Crippen LogP contribution in [0, 0.1) is 5.92 Å². The van der Waals surface area contributed by atoms with E-state index in [4.69, 9.17) is 4.74 Å². The van der Waals surface area contributed by atoms with E-state index in [1.807, 2.05) is 68.4 Å². The maximum Gasteiger partial charge on any atom is 0.323 e. The molecule has 37 heavy (non-hydrogen) atoms. The molecule has 3 aromatic carbocycles. The van der Waals surface area contributed by atoms with Crippen LogP contribution in [-0.2, 0) is 0 Å². The maximum absolute atomic E-state index is 13.5. The van der Waals surface area contributed by atoms with Gasteiger partial charge in [-0.2, -0.15) is 0 Å². The van der Waals surface area contributed by atoms with Crippen LogP contribution in [0.1, 0.15) is 55.6 Å². The molecule has 1 atom stereocenters. The minimum absolute atomic E-state index is 0.150. The Balaban J connectivity index is 1.51. The van der Waals surface area contributed by atoms with Crippen molar-refractivity contribution >= 4 is 29.0 Å². The van der Waals surface area contributed by atoms with Crippen molar-refractivity contribution < 1.29 is 14.3 Å². The van der Waals surface area contributed by atoms with Crippen LogP contribution in [0.4, 0.5) is 21.9 Å². The molecule has 0 saturated carbocycles. The lowest BCUT2D eigenvalue weighted by Crippen LogP contribution is -2.35. The van der Waals surface area contributed by atoms with E-state index in [0.29, 0.717) is 29.5 Å². The molecule has 1 aliphatic heterocycles. The quantitative estimate of drug-likeness (QED) is 0.332. The highest BCUT2D eigenvalue weighted by atomic mass is 16.5. The molecule has 194 valence electrons. The Morgan fingerprint density at radius 2 is 1.59 bits per heavy atom. The fourth-order valence-electron chi connectivity index (χ4n) is 4.51. The molecule has 3 N–H and O–H groups in total. The fraction of sp³-hybridized carbons (Fsp3) is 0.333. The predicted octanol–water partition coefficient (Wildman–Crippen LogP) is 6.46. The van der Waals surface area contributed by atoms with Crippen molar-refractivity contribution in [3.8, 4) is 5.75 Å². The van der Waals surface area contributed by atoms with Crippen LogP contribution < -0.4 is 25.6 Å². The second-order valence-electron chi connectivity index (χ2n) is 9.54. The molecular formula is C30H36N4O3. The molecule has 0 spiro atoms. The summed E-state index contributed by atoms with van der Waals surface area (Å²) in [5.41, 5.74) is 3.68. The third-order valence-electron chi connectivity index (χ3n) is 6.69. The smallest absolute Gasteiger partial charge is 0.323 e. The maximum atomic E-state index is 13.5. The van der Waals surface area contributed by atoms with E-state index in [2.05, 4.69) is 27.8 Å². The number of hydrogen-bond donors (Lipinski definition) is 3. The second kappa shape index (κ2) is 12.3. The van der Waals surface area contributed by atoms with Crippen LogP contribution in [0.3, 0.4) is 0 Å². The molecule has 7 heteroatoms. The van der Waals surface area contributed by atoms with Crippen LogP contribution in [-0.4, -0.2) is 31.6 Å². The normalized spacial score (nSPS) is 14.5. The number of nitrogens with one attached hydrogen (secondary N) is 3. The van der Waals surface area contributed by atoms with Gasteiger partial charge in [-0.05, 0) is 80.6 Å². The summed E-state index contributed by atoms with van der Waals surface area (Å²) < 4.78 is 5.45. The van der Waals surface area contributed by atoms with Gasteiger partial charge >= 0.3 is 6.03 Å². The van der Waals surface area contributed by atoms with Gasteiger partial charge in [-0.15, -0.1) is 0 Å². The van der Waals surface area contributed by atoms with Crippen LogP contribution >= 0.6 is 0 Å². The summed E-state index contributed by atoms with van der Waals surface area (Å²) >= 11 is 0. The van der Waals surface area contributed by atoms with Gasteiger partial charge in [0.15, 0.2) is 0 Å². The summed E-state index contributed by atoms with van der Waals surface area (Å²) in [5.74, 6) is 1.26. The molecule has 0 aromatic heterocycles. The number of benzene rings is 3. The number of urea groups is 1. The molecule has 1 unspecified atom stereocenters. The summed E-state index contributed by atoms with van der Waals surface area (Å²) in [5, 5.41) is 8.83. The summed E-state index contributed by atoms with van der Waals surface area (Å²) in [6.07, 6.45) is 2.18. The first-order valence-electron chi connectivity index (χ1n) is 13.0. The Bertz CT molecular complexity index is 1190. The average Bonchev–Trinajstić information content (AvgIpc) is 2.91. The van der Waals surface area contributed by atoms with E-state index in [9.17, 15) is 9.59 Å². The van der Waals surface area contributed by atoms with Crippen molar-refractivity contribution in [2.75, 3.05) is 35.2 Å². The monoisotopic (exact) mass is 500 g/mol. The van der Waals surface area contributed by atoms with Gasteiger partial charge < -0.3 is 25.6 Å². The Hall–Kier alpha value is -4.00. The molecule has 1 heterocycles. The van der Waals surface area contributed by atoms with Crippen molar-refractivity contribution in [1.29, 1.82) is 0 Å². The van der Waals surface area contributed by atoms with Crippen LogP contribution in [0.5, 0.6) is 5.75 Å². The highest BCUT2D eigenvalue weighted by Gasteiger charge is 2.23. The third kappa shape index (κ3) is 7.03.